The standard InChI is InChI=1S/C18H16ClF2NO3S/c1-10-13(19)7-5-8-14(10)22-16(23)11(2)25-17(24)12-6-3-4-9-15(12)26-18(20)21/h3-9,11,18H,1-2H3,(H,22,23)/t11-/m1/s1. The first kappa shape index (κ1) is 20.2. The molecule has 0 fully saturated rings. The molecule has 0 bridgehead atoms. The number of rotatable bonds is 6. The minimum Gasteiger partial charge on any atom is -0.449 e. The van der Waals surface area contributed by atoms with Gasteiger partial charge in [-0.05, 0) is 43.7 Å². The SMILES string of the molecule is Cc1c(Cl)cccc1NC(=O)[C@@H](C)OC(=O)c1ccccc1SC(F)F. The van der Waals surface area contributed by atoms with Crippen LogP contribution in [0.2, 0.25) is 5.02 Å². The van der Waals surface area contributed by atoms with Crippen LogP contribution in [0.4, 0.5) is 14.5 Å². The average Bonchev–Trinajstić information content (AvgIpc) is 2.58. The molecule has 1 atom stereocenters. The second-order valence-corrected chi connectivity index (χ2v) is 6.76. The molecule has 8 heteroatoms. The summed E-state index contributed by atoms with van der Waals surface area (Å²) in [7, 11) is 0. The normalized spacial score (nSPS) is 11.9. The highest BCUT2D eigenvalue weighted by Gasteiger charge is 2.22. The van der Waals surface area contributed by atoms with Crippen LogP contribution in [0, 0.1) is 6.92 Å². The minimum absolute atomic E-state index is 0.0172. The number of anilines is 1. The molecular formula is C18H16ClF2NO3S. The molecule has 1 amide bonds. The molecule has 0 unspecified atom stereocenters. The van der Waals surface area contributed by atoms with Gasteiger partial charge in [0.15, 0.2) is 6.10 Å². The smallest absolute Gasteiger partial charge is 0.340 e. The topological polar surface area (TPSA) is 55.4 Å². The molecule has 2 rings (SSSR count). The second kappa shape index (κ2) is 9.00. The highest BCUT2D eigenvalue weighted by Crippen LogP contribution is 2.29. The van der Waals surface area contributed by atoms with E-state index in [1.54, 1.807) is 31.2 Å². The Balaban J connectivity index is 2.07. The van der Waals surface area contributed by atoms with E-state index in [1.807, 2.05) is 0 Å². The van der Waals surface area contributed by atoms with E-state index in [2.05, 4.69) is 5.32 Å². The Kier molecular flexibility index (Phi) is 6.99. The zero-order chi connectivity index (χ0) is 19.3. The predicted octanol–water partition coefficient (Wildman–Crippen LogP) is 5.15. The Morgan fingerprint density at radius 3 is 2.54 bits per heavy atom. The van der Waals surface area contributed by atoms with Crippen LogP contribution in [-0.4, -0.2) is 23.7 Å². The number of esters is 1. The lowest BCUT2D eigenvalue weighted by molar-refractivity contribution is -0.123. The highest BCUT2D eigenvalue weighted by molar-refractivity contribution is 7.99. The summed E-state index contributed by atoms with van der Waals surface area (Å²) in [5.41, 5.74) is 1.16. The number of alkyl halides is 2. The molecule has 0 heterocycles. The van der Waals surface area contributed by atoms with Gasteiger partial charge in [0.05, 0.1) is 5.56 Å². The second-order valence-electron chi connectivity index (χ2n) is 5.32. The van der Waals surface area contributed by atoms with Gasteiger partial charge < -0.3 is 10.1 Å². The predicted molar refractivity (Wildman–Crippen MR) is 98.0 cm³/mol. The molecule has 2 aromatic rings. The van der Waals surface area contributed by atoms with Gasteiger partial charge in [-0.2, -0.15) is 8.78 Å². The number of carbonyl (C=O) groups excluding carboxylic acids is 2. The lowest BCUT2D eigenvalue weighted by Gasteiger charge is -2.16. The van der Waals surface area contributed by atoms with E-state index in [0.29, 0.717) is 16.3 Å². The maximum absolute atomic E-state index is 12.6. The fraction of sp³-hybridized carbons (Fsp3) is 0.222. The van der Waals surface area contributed by atoms with Crippen LogP contribution in [0.1, 0.15) is 22.8 Å². The average molecular weight is 400 g/mol. The molecule has 0 saturated carbocycles. The molecule has 4 nitrogen and oxygen atoms in total. The van der Waals surface area contributed by atoms with E-state index < -0.39 is 23.7 Å². The third-order valence-corrected chi connectivity index (χ3v) is 4.70. The number of carbonyl (C=O) groups is 2. The third kappa shape index (κ3) is 5.19. The Labute approximate surface area is 158 Å². The zero-order valence-corrected chi connectivity index (χ0v) is 15.5. The van der Waals surface area contributed by atoms with Crippen LogP contribution >= 0.6 is 23.4 Å². The maximum Gasteiger partial charge on any atom is 0.340 e. The Morgan fingerprint density at radius 1 is 1.15 bits per heavy atom. The van der Waals surface area contributed by atoms with Crippen LogP contribution < -0.4 is 5.32 Å². The van der Waals surface area contributed by atoms with Gasteiger partial charge in [-0.1, -0.05) is 41.6 Å². The Bertz CT molecular complexity index is 817. The van der Waals surface area contributed by atoms with Crippen molar-refractivity contribution in [2.45, 2.75) is 30.6 Å². The third-order valence-electron chi connectivity index (χ3n) is 3.50. The van der Waals surface area contributed by atoms with Gasteiger partial charge in [-0.15, -0.1) is 0 Å². The first-order valence-corrected chi connectivity index (χ1v) is 8.86. The molecule has 138 valence electrons. The molecule has 0 aliphatic heterocycles. The first-order valence-electron chi connectivity index (χ1n) is 7.60. The van der Waals surface area contributed by atoms with E-state index in [-0.39, 0.29) is 22.2 Å². The summed E-state index contributed by atoms with van der Waals surface area (Å²) >= 11 is 6.25. The first-order chi connectivity index (χ1) is 12.3. The molecule has 0 saturated heterocycles. The van der Waals surface area contributed by atoms with Gasteiger partial charge in [-0.25, -0.2) is 4.79 Å². The summed E-state index contributed by atoms with van der Waals surface area (Å²) in [6.07, 6.45) is -1.12. The summed E-state index contributed by atoms with van der Waals surface area (Å²) in [5, 5.41) is 3.12. The summed E-state index contributed by atoms with van der Waals surface area (Å²) in [5.74, 6) is -4.07. The van der Waals surface area contributed by atoms with Crippen molar-refractivity contribution in [3.8, 4) is 0 Å². The lowest BCUT2D eigenvalue weighted by Crippen LogP contribution is -2.30. The maximum atomic E-state index is 12.6. The fourth-order valence-corrected chi connectivity index (χ4v) is 2.89. The number of hydrogen-bond acceptors (Lipinski definition) is 4. The molecule has 26 heavy (non-hydrogen) atoms. The lowest BCUT2D eigenvalue weighted by atomic mass is 10.2. The van der Waals surface area contributed by atoms with Crippen molar-refractivity contribution in [1.29, 1.82) is 0 Å². The molecule has 0 aliphatic rings. The minimum atomic E-state index is -2.67. The molecule has 2 aromatic carbocycles. The summed E-state index contributed by atoms with van der Waals surface area (Å²) in [6.45, 7) is 3.14. The molecule has 0 spiro atoms. The van der Waals surface area contributed by atoms with Gasteiger partial charge in [0, 0.05) is 15.6 Å². The number of benzene rings is 2. The summed E-state index contributed by atoms with van der Waals surface area (Å²) in [4.78, 5) is 24.6. The van der Waals surface area contributed by atoms with Crippen molar-refractivity contribution in [2.75, 3.05) is 5.32 Å². The van der Waals surface area contributed by atoms with Crippen molar-refractivity contribution in [3.63, 3.8) is 0 Å². The summed E-state index contributed by atoms with van der Waals surface area (Å²) in [6, 6.07) is 10.9. The summed E-state index contributed by atoms with van der Waals surface area (Å²) < 4.78 is 30.3. The quantitative estimate of drug-likeness (QED) is 0.539. The van der Waals surface area contributed by atoms with Crippen LogP contribution in [0.15, 0.2) is 47.4 Å². The van der Waals surface area contributed by atoms with Crippen molar-refractivity contribution in [1.82, 2.24) is 0 Å². The van der Waals surface area contributed by atoms with Crippen molar-refractivity contribution in [3.05, 3.63) is 58.6 Å². The zero-order valence-electron chi connectivity index (χ0n) is 14.0. The van der Waals surface area contributed by atoms with Gasteiger partial charge in [0.2, 0.25) is 0 Å². The largest absolute Gasteiger partial charge is 0.449 e. The van der Waals surface area contributed by atoms with Crippen molar-refractivity contribution < 1.29 is 23.1 Å². The van der Waals surface area contributed by atoms with E-state index >= 15 is 0 Å². The number of nitrogens with one attached hydrogen (secondary N) is 1. The van der Waals surface area contributed by atoms with Crippen LogP contribution in [0.25, 0.3) is 0 Å². The number of amides is 1. The van der Waals surface area contributed by atoms with E-state index in [1.165, 1.54) is 25.1 Å². The van der Waals surface area contributed by atoms with Gasteiger partial charge >= 0.3 is 5.97 Å². The Hall–Kier alpha value is -2.12. The monoisotopic (exact) mass is 399 g/mol. The van der Waals surface area contributed by atoms with E-state index in [4.69, 9.17) is 16.3 Å². The van der Waals surface area contributed by atoms with Gasteiger partial charge in [0.25, 0.3) is 11.7 Å². The number of hydrogen-bond donors (Lipinski definition) is 1. The van der Waals surface area contributed by atoms with Gasteiger partial charge in [0.1, 0.15) is 0 Å². The van der Waals surface area contributed by atoms with E-state index in [0.717, 1.165) is 0 Å². The van der Waals surface area contributed by atoms with E-state index in [9.17, 15) is 18.4 Å². The van der Waals surface area contributed by atoms with Crippen molar-refractivity contribution in [2.24, 2.45) is 0 Å². The molecule has 1 N–H and O–H groups in total. The highest BCUT2D eigenvalue weighted by atomic mass is 35.5. The van der Waals surface area contributed by atoms with Crippen LogP contribution in [0.3, 0.4) is 0 Å². The molecular weight excluding hydrogens is 384 g/mol. The van der Waals surface area contributed by atoms with Crippen LogP contribution in [0.5, 0.6) is 0 Å². The van der Waals surface area contributed by atoms with Gasteiger partial charge in [-0.3, -0.25) is 4.79 Å². The fourth-order valence-electron chi connectivity index (χ4n) is 2.09. The molecule has 0 aliphatic carbocycles. The number of halogens is 3. The number of ether oxygens (including phenoxy) is 1. The van der Waals surface area contributed by atoms with Crippen molar-refractivity contribution >= 4 is 40.9 Å². The molecule has 0 aromatic heterocycles. The molecule has 0 radical (unpaired) electrons. The number of thioether (sulfide) groups is 1. The van der Waals surface area contributed by atoms with Crippen LogP contribution in [-0.2, 0) is 9.53 Å². The Morgan fingerprint density at radius 2 is 1.85 bits per heavy atom.